The summed E-state index contributed by atoms with van der Waals surface area (Å²) in [5.74, 6) is 0.158. The lowest BCUT2D eigenvalue weighted by atomic mass is 9.78. The number of benzene rings is 2. The van der Waals surface area contributed by atoms with Crippen LogP contribution in [0.3, 0.4) is 0 Å². The van der Waals surface area contributed by atoms with Gasteiger partial charge in [-0.1, -0.05) is 30.3 Å². The summed E-state index contributed by atoms with van der Waals surface area (Å²) in [5, 5.41) is 2.68. The molecule has 1 N–H and O–H groups in total. The Morgan fingerprint density at radius 1 is 1.00 bits per heavy atom. The molecule has 1 heterocycles. The fourth-order valence-corrected chi connectivity index (χ4v) is 4.46. The summed E-state index contributed by atoms with van der Waals surface area (Å²) in [6.07, 6.45) is 1.46. The lowest BCUT2D eigenvalue weighted by Crippen LogP contribution is -2.40. The van der Waals surface area contributed by atoms with Gasteiger partial charge in [-0.15, -0.1) is 0 Å². The molecule has 3 rings (SSSR count). The van der Waals surface area contributed by atoms with Crippen LogP contribution in [0, 0.1) is 5.92 Å². The second-order valence-corrected chi connectivity index (χ2v) is 9.86. The molecule has 0 aliphatic carbocycles. The van der Waals surface area contributed by atoms with E-state index in [9.17, 15) is 14.4 Å². The summed E-state index contributed by atoms with van der Waals surface area (Å²) < 4.78 is 10.5. The van der Waals surface area contributed by atoms with Gasteiger partial charge in [-0.3, -0.25) is 14.9 Å². The van der Waals surface area contributed by atoms with E-state index in [0.717, 1.165) is 18.4 Å². The molecule has 0 bridgehead atoms. The zero-order valence-electron chi connectivity index (χ0n) is 21.1. The predicted octanol–water partition coefficient (Wildman–Crippen LogP) is 5.62. The lowest BCUT2D eigenvalue weighted by Gasteiger charge is -2.36. The smallest absolute Gasteiger partial charge is 0.412 e. The lowest BCUT2D eigenvalue weighted by molar-refractivity contribution is -0.144. The maximum absolute atomic E-state index is 13.1. The Hall–Kier alpha value is -3.35. The number of esters is 1. The van der Waals surface area contributed by atoms with Gasteiger partial charge in [0.1, 0.15) is 5.60 Å². The number of hydrogen-bond acceptors (Lipinski definition) is 5. The average Bonchev–Trinajstić information content (AvgIpc) is 2.82. The standard InChI is InChI=1S/C28H36N2O5/c1-5-34-25(31)19-24(20-9-7-6-8-10-20)21-15-17-30(18-16-21)26(32)22-11-13-23(14-12-22)29-27(33)35-28(2,3)4/h6-14,21,24H,5,15-19H2,1-4H3,(H,29,33). The first kappa shape index (κ1) is 26.3. The Morgan fingerprint density at radius 2 is 1.63 bits per heavy atom. The quantitative estimate of drug-likeness (QED) is 0.520. The number of amides is 2. The van der Waals surface area contributed by atoms with Crippen molar-refractivity contribution in [2.24, 2.45) is 5.92 Å². The molecule has 1 fully saturated rings. The summed E-state index contributed by atoms with van der Waals surface area (Å²) in [4.78, 5) is 39.1. The summed E-state index contributed by atoms with van der Waals surface area (Å²) in [7, 11) is 0. The van der Waals surface area contributed by atoms with Crippen molar-refractivity contribution in [3.05, 3.63) is 65.7 Å². The fourth-order valence-electron chi connectivity index (χ4n) is 4.46. The normalized spacial score (nSPS) is 15.3. The molecule has 1 unspecified atom stereocenters. The third kappa shape index (κ3) is 7.84. The number of likely N-dealkylation sites (tertiary alicyclic amines) is 1. The molecular formula is C28H36N2O5. The molecule has 188 valence electrons. The molecule has 0 radical (unpaired) electrons. The number of carbonyl (C=O) groups is 3. The SMILES string of the molecule is CCOC(=O)CC(c1ccccc1)C1CCN(C(=O)c2ccc(NC(=O)OC(C)(C)C)cc2)CC1. The van der Waals surface area contributed by atoms with E-state index in [2.05, 4.69) is 17.4 Å². The second-order valence-electron chi connectivity index (χ2n) is 9.86. The van der Waals surface area contributed by atoms with Crippen LogP contribution < -0.4 is 5.32 Å². The Kier molecular flexibility index (Phi) is 8.90. The van der Waals surface area contributed by atoms with Gasteiger partial charge in [-0.05, 0) is 82.2 Å². The first-order chi connectivity index (χ1) is 16.7. The van der Waals surface area contributed by atoms with Crippen LogP contribution in [0.25, 0.3) is 0 Å². The minimum Gasteiger partial charge on any atom is -0.466 e. The third-order valence-electron chi connectivity index (χ3n) is 6.09. The van der Waals surface area contributed by atoms with E-state index in [1.54, 1.807) is 45.0 Å². The van der Waals surface area contributed by atoms with Gasteiger partial charge in [0.05, 0.1) is 13.0 Å². The van der Waals surface area contributed by atoms with Crippen molar-refractivity contribution in [1.82, 2.24) is 4.90 Å². The van der Waals surface area contributed by atoms with Crippen LogP contribution in [-0.2, 0) is 14.3 Å². The summed E-state index contributed by atoms with van der Waals surface area (Å²) in [6.45, 7) is 8.86. The molecule has 1 atom stereocenters. The Labute approximate surface area is 207 Å². The van der Waals surface area contributed by atoms with Crippen molar-refractivity contribution < 1.29 is 23.9 Å². The molecule has 7 heteroatoms. The van der Waals surface area contributed by atoms with Gasteiger partial charge >= 0.3 is 12.1 Å². The molecule has 0 aromatic heterocycles. The first-order valence-corrected chi connectivity index (χ1v) is 12.3. The van der Waals surface area contributed by atoms with Crippen LogP contribution in [0.1, 0.15) is 68.8 Å². The zero-order chi connectivity index (χ0) is 25.4. The van der Waals surface area contributed by atoms with E-state index in [0.29, 0.717) is 43.3 Å². The van der Waals surface area contributed by atoms with Crippen molar-refractivity contribution >= 4 is 23.7 Å². The van der Waals surface area contributed by atoms with Crippen LogP contribution in [0.5, 0.6) is 0 Å². The molecule has 1 saturated heterocycles. The van der Waals surface area contributed by atoms with E-state index >= 15 is 0 Å². The maximum atomic E-state index is 13.1. The average molecular weight is 481 g/mol. The van der Waals surface area contributed by atoms with Gasteiger partial charge in [0, 0.05) is 24.3 Å². The molecular weight excluding hydrogens is 444 g/mol. The first-order valence-electron chi connectivity index (χ1n) is 12.3. The molecule has 7 nitrogen and oxygen atoms in total. The van der Waals surface area contributed by atoms with E-state index in [1.165, 1.54) is 0 Å². The molecule has 1 aliphatic rings. The fraction of sp³-hybridized carbons (Fsp3) is 0.464. The largest absolute Gasteiger partial charge is 0.466 e. The number of nitrogens with one attached hydrogen (secondary N) is 1. The molecule has 2 aromatic rings. The number of anilines is 1. The van der Waals surface area contributed by atoms with Gasteiger partial charge in [0.25, 0.3) is 5.91 Å². The highest BCUT2D eigenvalue weighted by Crippen LogP contribution is 2.36. The van der Waals surface area contributed by atoms with Crippen molar-refractivity contribution in [2.45, 2.75) is 58.5 Å². The van der Waals surface area contributed by atoms with E-state index < -0.39 is 11.7 Å². The number of nitrogens with zero attached hydrogens (tertiary/aromatic N) is 1. The van der Waals surface area contributed by atoms with Gasteiger partial charge in [0.15, 0.2) is 0 Å². The molecule has 0 spiro atoms. The Bertz CT molecular complexity index is 990. The van der Waals surface area contributed by atoms with Crippen LogP contribution in [0.2, 0.25) is 0 Å². The van der Waals surface area contributed by atoms with Gasteiger partial charge < -0.3 is 14.4 Å². The highest BCUT2D eigenvalue weighted by molar-refractivity contribution is 5.95. The second kappa shape index (κ2) is 11.9. The Balaban J connectivity index is 1.59. The molecule has 1 aliphatic heterocycles. The summed E-state index contributed by atoms with van der Waals surface area (Å²) >= 11 is 0. The van der Waals surface area contributed by atoms with Gasteiger partial charge in [0.2, 0.25) is 0 Å². The monoisotopic (exact) mass is 480 g/mol. The summed E-state index contributed by atoms with van der Waals surface area (Å²) in [6, 6.07) is 16.9. The number of carbonyl (C=O) groups excluding carboxylic acids is 3. The zero-order valence-corrected chi connectivity index (χ0v) is 21.1. The predicted molar refractivity (Wildman–Crippen MR) is 135 cm³/mol. The van der Waals surface area contributed by atoms with Crippen molar-refractivity contribution in [3.8, 4) is 0 Å². The highest BCUT2D eigenvalue weighted by Gasteiger charge is 2.31. The Morgan fingerprint density at radius 3 is 2.20 bits per heavy atom. The number of rotatable bonds is 7. The van der Waals surface area contributed by atoms with Crippen LogP contribution in [0.4, 0.5) is 10.5 Å². The highest BCUT2D eigenvalue weighted by atomic mass is 16.6. The van der Waals surface area contributed by atoms with Crippen molar-refractivity contribution in [3.63, 3.8) is 0 Å². The van der Waals surface area contributed by atoms with E-state index in [4.69, 9.17) is 9.47 Å². The molecule has 2 aromatic carbocycles. The summed E-state index contributed by atoms with van der Waals surface area (Å²) in [5.41, 5.74) is 1.70. The van der Waals surface area contributed by atoms with Crippen molar-refractivity contribution in [2.75, 3.05) is 25.0 Å². The number of piperidine rings is 1. The molecule has 0 saturated carbocycles. The minimum atomic E-state index is -0.581. The van der Waals surface area contributed by atoms with E-state index in [1.807, 2.05) is 30.0 Å². The van der Waals surface area contributed by atoms with Crippen molar-refractivity contribution in [1.29, 1.82) is 0 Å². The van der Waals surface area contributed by atoms with Gasteiger partial charge in [-0.25, -0.2) is 4.79 Å². The number of ether oxygens (including phenoxy) is 2. The molecule has 2 amide bonds. The van der Waals surface area contributed by atoms with Crippen LogP contribution in [0.15, 0.2) is 54.6 Å². The van der Waals surface area contributed by atoms with Crippen LogP contribution >= 0.6 is 0 Å². The number of hydrogen-bond donors (Lipinski definition) is 1. The third-order valence-corrected chi connectivity index (χ3v) is 6.09. The van der Waals surface area contributed by atoms with E-state index in [-0.39, 0.29) is 17.8 Å². The minimum absolute atomic E-state index is 0.0334. The molecule has 35 heavy (non-hydrogen) atoms. The van der Waals surface area contributed by atoms with Gasteiger partial charge in [-0.2, -0.15) is 0 Å². The van der Waals surface area contributed by atoms with Crippen LogP contribution in [-0.4, -0.2) is 48.2 Å². The topological polar surface area (TPSA) is 84.9 Å². The maximum Gasteiger partial charge on any atom is 0.412 e.